The molecule has 0 bridgehead atoms. The van der Waals surface area contributed by atoms with Crippen LogP contribution in [0.3, 0.4) is 0 Å². The van der Waals surface area contributed by atoms with Crippen LogP contribution in [0.1, 0.15) is 13.8 Å². The molecule has 0 saturated carbocycles. The van der Waals surface area contributed by atoms with E-state index in [1.807, 2.05) is 0 Å². The lowest BCUT2D eigenvalue weighted by atomic mass is 10.0. The Morgan fingerprint density at radius 1 is 1.40 bits per heavy atom. The zero-order valence-electron chi connectivity index (χ0n) is 8.35. The zero-order valence-corrected chi connectivity index (χ0v) is 9.93. The van der Waals surface area contributed by atoms with Crippen LogP contribution >= 0.6 is 15.9 Å². The highest BCUT2D eigenvalue weighted by Crippen LogP contribution is 2.23. The van der Waals surface area contributed by atoms with E-state index in [4.69, 9.17) is 5.73 Å². The zero-order chi connectivity index (χ0) is 12.1. The van der Waals surface area contributed by atoms with E-state index in [-0.39, 0.29) is 23.4 Å². The van der Waals surface area contributed by atoms with E-state index in [2.05, 4.69) is 20.9 Å². The van der Waals surface area contributed by atoms with Gasteiger partial charge in [0.25, 0.3) is 0 Å². The molecule has 0 aliphatic heterocycles. The summed E-state index contributed by atoms with van der Waals surface area (Å²) in [6.07, 6.45) is -2.90. The highest BCUT2D eigenvalue weighted by Gasteiger charge is 2.24. The van der Waals surface area contributed by atoms with Crippen LogP contribution in [-0.2, 0) is 0 Å². The molecule has 6 heteroatoms. The van der Waals surface area contributed by atoms with Crippen LogP contribution in [0.5, 0.6) is 0 Å². The molecule has 0 spiro atoms. The summed E-state index contributed by atoms with van der Waals surface area (Å²) in [6.45, 7) is 3.30. The number of nitrogens with two attached hydrogens (primary N) is 1. The predicted octanol–water partition coefficient (Wildman–Crippen LogP) is 3.35. The topological polar surface area (TPSA) is 38.4 Å². The van der Waals surface area contributed by atoms with Crippen LogP contribution in [0.2, 0.25) is 0 Å². The molecule has 0 aromatic rings. The van der Waals surface area contributed by atoms with E-state index < -0.39 is 6.18 Å². The van der Waals surface area contributed by atoms with Gasteiger partial charge in [0.05, 0.1) is 5.12 Å². The van der Waals surface area contributed by atoms with Gasteiger partial charge in [0.1, 0.15) is 5.82 Å². The van der Waals surface area contributed by atoms with E-state index >= 15 is 0 Å². The first kappa shape index (κ1) is 14.2. The van der Waals surface area contributed by atoms with Gasteiger partial charge in [-0.05, 0) is 33.5 Å². The third kappa shape index (κ3) is 7.18. The van der Waals surface area contributed by atoms with Gasteiger partial charge in [-0.15, -0.1) is 0 Å². The number of hydrogen-bond acceptors (Lipinski definition) is 2. The Bertz CT molecular complexity index is 290. The van der Waals surface area contributed by atoms with E-state index in [1.54, 1.807) is 13.8 Å². The molecular formula is C9H12BrF3N2. The molecule has 0 radical (unpaired) electrons. The maximum Gasteiger partial charge on any atom is 0.410 e. The minimum Gasteiger partial charge on any atom is -0.384 e. The van der Waals surface area contributed by atoms with E-state index in [0.717, 1.165) is 0 Å². The van der Waals surface area contributed by atoms with Crippen LogP contribution in [0.25, 0.3) is 0 Å². The molecule has 86 valence electrons. The third-order valence-electron chi connectivity index (χ3n) is 1.51. The second-order valence-electron chi connectivity index (χ2n) is 3.14. The first-order valence-electron chi connectivity index (χ1n) is 4.15. The maximum atomic E-state index is 12.1. The van der Waals surface area contributed by atoms with Gasteiger partial charge in [0.2, 0.25) is 0 Å². The molecule has 0 heterocycles. The summed E-state index contributed by atoms with van der Waals surface area (Å²) in [7, 11) is 0. The summed E-state index contributed by atoms with van der Waals surface area (Å²) >= 11 is 2.88. The van der Waals surface area contributed by atoms with Crippen LogP contribution < -0.4 is 5.73 Å². The van der Waals surface area contributed by atoms with Crippen molar-refractivity contribution in [1.82, 2.24) is 0 Å². The fourth-order valence-corrected chi connectivity index (χ4v) is 1.06. The molecule has 0 aliphatic carbocycles. The van der Waals surface area contributed by atoms with Gasteiger partial charge in [-0.2, -0.15) is 13.2 Å². The maximum absolute atomic E-state index is 12.1. The summed E-state index contributed by atoms with van der Waals surface area (Å²) in [5.74, 6) is -0.244. The lowest BCUT2D eigenvalue weighted by Crippen LogP contribution is -2.07. The van der Waals surface area contributed by atoms with Gasteiger partial charge >= 0.3 is 6.18 Å². The first-order valence-corrected chi connectivity index (χ1v) is 5.07. The van der Waals surface area contributed by atoms with E-state index in [1.165, 1.54) is 11.2 Å². The number of rotatable bonds is 3. The number of nitrogens with zero attached hydrogens (tertiary/aromatic N) is 1. The molecule has 0 aromatic carbocycles. The van der Waals surface area contributed by atoms with Gasteiger partial charge in [0, 0.05) is 6.08 Å². The third-order valence-corrected chi connectivity index (χ3v) is 1.71. The van der Waals surface area contributed by atoms with Crippen molar-refractivity contribution >= 4 is 21.1 Å². The monoisotopic (exact) mass is 284 g/mol. The van der Waals surface area contributed by atoms with Crippen molar-refractivity contribution in [3.05, 3.63) is 23.5 Å². The van der Waals surface area contributed by atoms with E-state index in [0.29, 0.717) is 0 Å². The van der Waals surface area contributed by atoms with Gasteiger partial charge in [-0.25, -0.2) is 4.99 Å². The van der Waals surface area contributed by atoms with Gasteiger partial charge < -0.3 is 5.73 Å². The molecule has 0 saturated heterocycles. The Morgan fingerprint density at radius 3 is 2.27 bits per heavy atom. The summed E-state index contributed by atoms with van der Waals surface area (Å²) < 4.78 is 36.3. The Labute approximate surface area is 94.9 Å². The number of halogens is 4. The van der Waals surface area contributed by atoms with Crippen LogP contribution in [0.15, 0.2) is 28.5 Å². The number of hydrogen-bond donors (Lipinski definition) is 1. The normalized spacial score (nSPS) is 15.4. The SMILES string of the molecule is CC(C)C(/C=C(N)\N=C\Br)=C\C(F)(F)F. The van der Waals surface area contributed by atoms with Gasteiger partial charge in [-0.1, -0.05) is 13.8 Å². The molecule has 0 amide bonds. The molecule has 0 aliphatic rings. The molecule has 15 heavy (non-hydrogen) atoms. The fourth-order valence-electron chi connectivity index (χ4n) is 0.828. The van der Waals surface area contributed by atoms with Crippen molar-refractivity contribution in [2.24, 2.45) is 16.6 Å². The van der Waals surface area contributed by atoms with Crippen molar-refractivity contribution in [3.63, 3.8) is 0 Å². The second-order valence-corrected chi connectivity index (χ2v) is 3.55. The first-order chi connectivity index (χ1) is 6.76. The standard InChI is InChI=1S/C9H12BrF3N2/c1-6(2)7(4-9(11,12)13)3-8(14)15-5-10/h3-6H,14H2,1-2H3/b7-4-,8-3-,15-5+. The Balaban J connectivity index is 5.01. The van der Waals surface area contributed by atoms with Crippen molar-refractivity contribution in [3.8, 4) is 0 Å². The van der Waals surface area contributed by atoms with Crippen molar-refractivity contribution in [2.75, 3.05) is 0 Å². The average Bonchev–Trinajstić information content (AvgIpc) is 2.00. The molecular weight excluding hydrogens is 273 g/mol. The number of alkyl halides is 3. The minimum absolute atomic E-state index is 0.0241. The Morgan fingerprint density at radius 2 is 1.93 bits per heavy atom. The van der Waals surface area contributed by atoms with Crippen LogP contribution in [-0.4, -0.2) is 11.3 Å². The Kier molecular flexibility index (Phi) is 5.64. The largest absolute Gasteiger partial charge is 0.410 e. The van der Waals surface area contributed by atoms with Crippen molar-refractivity contribution < 1.29 is 13.2 Å². The molecule has 0 atom stereocenters. The molecule has 2 nitrogen and oxygen atoms in total. The van der Waals surface area contributed by atoms with Gasteiger partial charge in [0.15, 0.2) is 0 Å². The van der Waals surface area contributed by atoms with Crippen molar-refractivity contribution in [2.45, 2.75) is 20.0 Å². The molecule has 0 unspecified atom stereocenters. The summed E-state index contributed by atoms with van der Waals surface area (Å²) in [5, 5.41) is 1.24. The van der Waals surface area contributed by atoms with E-state index in [9.17, 15) is 13.2 Å². The smallest absolute Gasteiger partial charge is 0.384 e. The average molecular weight is 285 g/mol. The van der Waals surface area contributed by atoms with Gasteiger partial charge in [-0.3, -0.25) is 0 Å². The van der Waals surface area contributed by atoms with Crippen molar-refractivity contribution in [1.29, 1.82) is 0 Å². The summed E-state index contributed by atoms with van der Waals surface area (Å²) in [5.41, 5.74) is 5.46. The van der Waals surface area contributed by atoms with Crippen LogP contribution in [0, 0.1) is 5.92 Å². The predicted molar refractivity (Wildman–Crippen MR) is 58.7 cm³/mol. The highest BCUT2D eigenvalue weighted by molar-refractivity contribution is 9.17. The fraction of sp³-hybridized carbons (Fsp3) is 0.444. The molecule has 0 fully saturated rings. The number of allylic oxidation sites excluding steroid dienone is 3. The molecule has 2 N–H and O–H groups in total. The lowest BCUT2D eigenvalue weighted by molar-refractivity contribution is -0.0806. The lowest BCUT2D eigenvalue weighted by Gasteiger charge is -2.09. The molecule has 0 aromatic heterocycles. The quantitative estimate of drug-likeness (QED) is 0.626. The minimum atomic E-state index is -4.34. The highest BCUT2D eigenvalue weighted by atomic mass is 79.9. The number of aliphatic imine (C=N–C) groups is 1. The summed E-state index contributed by atoms with van der Waals surface area (Å²) in [6, 6.07) is 0. The summed E-state index contributed by atoms with van der Waals surface area (Å²) in [4.78, 5) is 3.60. The van der Waals surface area contributed by atoms with Crippen LogP contribution in [0.4, 0.5) is 13.2 Å². The Hall–Kier alpha value is -0.780. The second kappa shape index (κ2) is 5.95. The molecule has 0 rings (SSSR count).